The van der Waals surface area contributed by atoms with Crippen molar-refractivity contribution < 1.29 is 4.39 Å². The topological polar surface area (TPSA) is 15.3 Å². The molecule has 1 atom stereocenters. The van der Waals surface area contributed by atoms with Crippen LogP contribution in [-0.2, 0) is 0 Å². The van der Waals surface area contributed by atoms with Crippen LogP contribution in [0.4, 0.5) is 4.39 Å². The molecule has 1 aliphatic heterocycles. The minimum Gasteiger partial charge on any atom is -0.314 e. The van der Waals surface area contributed by atoms with Crippen LogP contribution >= 0.6 is 40.7 Å². The zero-order valence-electron chi connectivity index (χ0n) is 10.9. The monoisotopic (exact) mass is 372 g/mol. The van der Waals surface area contributed by atoms with E-state index in [1.807, 2.05) is 6.07 Å². The Morgan fingerprint density at radius 1 is 1.32 bits per heavy atom. The van der Waals surface area contributed by atoms with Crippen molar-refractivity contribution in [3.05, 3.63) is 34.1 Å². The molecule has 0 radical (unpaired) electrons. The summed E-state index contributed by atoms with van der Waals surface area (Å²) in [6, 6.07) is 5.80. The molecule has 1 fully saturated rings. The molecule has 0 aromatic heterocycles. The Kier molecular flexibility index (Phi) is 9.20. The summed E-state index contributed by atoms with van der Waals surface area (Å²) in [5, 5.41) is 3.34. The molecule has 1 aromatic carbocycles. The molecule has 0 unspecified atom stereocenters. The number of nitrogens with zero attached hydrogens (tertiary/aromatic N) is 1. The van der Waals surface area contributed by atoms with Crippen molar-refractivity contribution in [3.63, 3.8) is 0 Å². The Hall–Kier alpha value is 0.130. The van der Waals surface area contributed by atoms with Crippen molar-refractivity contribution in [1.29, 1.82) is 0 Å². The Labute approximate surface area is 135 Å². The lowest BCUT2D eigenvalue weighted by atomic mass is 10.0. The first-order chi connectivity index (χ1) is 8.22. The van der Waals surface area contributed by atoms with Crippen LogP contribution in [0.15, 0.2) is 22.7 Å². The van der Waals surface area contributed by atoms with Gasteiger partial charge in [0.2, 0.25) is 0 Å². The van der Waals surface area contributed by atoms with Gasteiger partial charge in [0.05, 0.1) is 4.47 Å². The first kappa shape index (κ1) is 19.1. The summed E-state index contributed by atoms with van der Waals surface area (Å²) in [4.78, 5) is 2.43. The molecule has 1 aromatic rings. The number of hydrogen-bond donors (Lipinski definition) is 1. The first-order valence-corrected chi connectivity index (χ1v) is 6.91. The van der Waals surface area contributed by atoms with Crippen LogP contribution in [0.3, 0.4) is 0 Å². The van der Waals surface area contributed by atoms with Gasteiger partial charge in [0.1, 0.15) is 5.82 Å². The molecular weight excluding hydrogens is 354 g/mol. The van der Waals surface area contributed by atoms with E-state index in [0.29, 0.717) is 10.5 Å². The van der Waals surface area contributed by atoms with E-state index in [2.05, 4.69) is 33.1 Å². The molecular formula is C13H20BrCl2FN2. The zero-order valence-corrected chi connectivity index (χ0v) is 14.1. The summed E-state index contributed by atoms with van der Waals surface area (Å²) >= 11 is 3.20. The van der Waals surface area contributed by atoms with Gasteiger partial charge in [-0.25, -0.2) is 4.39 Å². The third-order valence-corrected chi connectivity index (χ3v) is 3.95. The molecule has 1 heterocycles. The van der Waals surface area contributed by atoms with Crippen molar-refractivity contribution in [2.45, 2.75) is 19.4 Å². The Morgan fingerprint density at radius 2 is 1.95 bits per heavy atom. The van der Waals surface area contributed by atoms with Crippen LogP contribution < -0.4 is 5.32 Å². The average Bonchev–Trinajstić information content (AvgIpc) is 2.36. The number of halogens is 4. The van der Waals surface area contributed by atoms with Crippen LogP contribution in [0.25, 0.3) is 0 Å². The quantitative estimate of drug-likeness (QED) is 0.867. The van der Waals surface area contributed by atoms with E-state index >= 15 is 0 Å². The van der Waals surface area contributed by atoms with E-state index in [9.17, 15) is 4.39 Å². The van der Waals surface area contributed by atoms with Crippen molar-refractivity contribution in [3.8, 4) is 0 Å². The fourth-order valence-corrected chi connectivity index (χ4v) is 2.66. The van der Waals surface area contributed by atoms with Gasteiger partial charge in [-0.05, 0) is 40.0 Å². The summed E-state index contributed by atoms with van der Waals surface area (Å²) in [7, 11) is 0. The minimum absolute atomic E-state index is 0. The second kappa shape index (κ2) is 9.14. The van der Waals surface area contributed by atoms with E-state index < -0.39 is 0 Å². The normalized spacial score (nSPS) is 17.2. The number of nitrogens with one attached hydrogen (secondary N) is 1. The highest BCUT2D eigenvalue weighted by Gasteiger charge is 2.21. The summed E-state index contributed by atoms with van der Waals surface area (Å²) in [6.07, 6.45) is 1.01. The second-order valence-corrected chi connectivity index (χ2v) is 5.24. The highest BCUT2D eigenvalue weighted by Crippen LogP contribution is 2.27. The molecule has 0 bridgehead atoms. The van der Waals surface area contributed by atoms with E-state index in [1.165, 1.54) is 0 Å². The molecule has 19 heavy (non-hydrogen) atoms. The van der Waals surface area contributed by atoms with Gasteiger partial charge in [0, 0.05) is 32.2 Å². The third kappa shape index (κ3) is 4.87. The average molecular weight is 374 g/mol. The first-order valence-electron chi connectivity index (χ1n) is 6.12. The molecule has 1 saturated heterocycles. The van der Waals surface area contributed by atoms with E-state index in [-0.39, 0.29) is 30.6 Å². The largest absolute Gasteiger partial charge is 0.314 e. The van der Waals surface area contributed by atoms with Crippen molar-refractivity contribution >= 4 is 40.7 Å². The van der Waals surface area contributed by atoms with Crippen LogP contribution in [0.5, 0.6) is 0 Å². The predicted octanol–water partition coefficient (Wildman–Crippen LogP) is 3.79. The summed E-state index contributed by atoms with van der Waals surface area (Å²) in [6.45, 7) is 6.28. The number of piperazine rings is 1. The van der Waals surface area contributed by atoms with Gasteiger partial charge in [-0.1, -0.05) is 13.0 Å². The number of benzene rings is 1. The van der Waals surface area contributed by atoms with Crippen molar-refractivity contribution in [2.75, 3.05) is 26.2 Å². The van der Waals surface area contributed by atoms with Crippen LogP contribution in [0, 0.1) is 5.82 Å². The minimum atomic E-state index is -0.170. The maximum absolute atomic E-state index is 13.6. The second-order valence-electron chi connectivity index (χ2n) is 4.38. The van der Waals surface area contributed by atoms with Gasteiger partial charge >= 0.3 is 0 Å². The molecule has 1 aliphatic rings. The fraction of sp³-hybridized carbons (Fsp3) is 0.538. The van der Waals surface area contributed by atoms with E-state index in [4.69, 9.17) is 0 Å². The molecule has 2 nitrogen and oxygen atoms in total. The molecule has 0 spiro atoms. The molecule has 110 valence electrons. The summed E-state index contributed by atoms with van der Waals surface area (Å²) < 4.78 is 14.1. The van der Waals surface area contributed by atoms with Crippen LogP contribution in [0.2, 0.25) is 0 Å². The van der Waals surface area contributed by atoms with Crippen LogP contribution in [-0.4, -0.2) is 31.1 Å². The zero-order chi connectivity index (χ0) is 12.3. The van der Waals surface area contributed by atoms with Gasteiger partial charge in [0.25, 0.3) is 0 Å². The smallest absolute Gasteiger partial charge is 0.137 e. The Bertz CT molecular complexity index is 387. The third-order valence-electron chi connectivity index (χ3n) is 3.31. The van der Waals surface area contributed by atoms with E-state index in [1.54, 1.807) is 12.1 Å². The van der Waals surface area contributed by atoms with E-state index in [0.717, 1.165) is 38.2 Å². The van der Waals surface area contributed by atoms with Gasteiger partial charge in [-0.3, -0.25) is 4.90 Å². The Morgan fingerprint density at radius 3 is 2.47 bits per heavy atom. The molecule has 6 heteroatoms. The standard InChI is InChI=1S/C13H18BrFN2.2ClH/c1-2-13(17-7-5-16-6-8-17)10-3-4-11(14)12(15)9-10;;/h3-4,9,13,16H,2,5-8H2,1H3;2*1H/t13-;;/m0../s1. The van der Waals surface area contributed by atoms with Crippen molar-refractivity contribution in [2.24, 2.45) is 0 Å². The van der Waals surface area contributed by atoms with Gasteiger partial charge in [-0.15, -0.1) is 24.8 Å². The fourth-order valence-electron chi connectivity index (χ4n) is 2.42. The Balaban J connectivity index is 0.00000162. The SMILES string of the molecule is CC[C@@H](c1ccc(Br)c(F)c1)N1CCNCC1.Cl.Cl. The lowest BCUT2D eigenvalue weighted by Crippen LogP contribution is -2.45. The molecule has 0 amide bonds. The highest BCUT2D eigenvalue weighted by molar-refractivity contribution is 9.10. The van der Waals surface area contributed by atoms with Crippen molar-refractivity contribution in [1.82, 2.24) is 10.2 Å². The van der Waals surface area contributed by atoms with Gasteiger partial charge in [-0.2, -0.15) is 0 Å². The lowest BCUT2D eigenvalue weighted by Gasteiger charge is -2.34. The molecule has 1 N–H and O–H groups in total. The van der Waals surface area contributed by atoms with Gasteiger partial charge in [0.15, 0.2) is 0 Å². The molecule has 0 aliphatic carbocycles. The molecule has 0 saturated carbocycles. The lowest BCUT2D eigenvalue weighted by molar-refractivity contribution is 0.169. The number of rotatable bonds is 3. The summed E-state index contributed by atoms with van der Waals surface area (Å²) in [5.74, 6) is -0.170. The molecule has 2 rings (SSSR count). The maximum Gasteiger partial charge on any atom is 0.137 e. The summed E-state index contributed by atoms with van der Waals surface area (Å²) in [5.41, 5.74) is 1.08. The number of hydrogen-bond acceptors (Lipinski definition) is 2. The highest BCUT2D eigenvalue weighted by atomic mass is 79.9. The van der Waals surface area contributed by atoms with Gasteiger partial charge < -0.3 is 5.32 Å². The maximum atomic E-state index is 13.6. The van der Waals surface area contributed by atoms with Crippen LogP contribution in [0.1, 0.15) is 24.9 Å². The predicted molar refractivity (Wildman–Crippen MR) is 86.1 cm³/mol.